The van der Waals surface area contributed by atoms with Crippen LogP contribution in [0, 0.1) is 0 Å². The van der Waals surface area contributed by atoms with E-state index in [1.807, 2.05) is 0 Å². The Morgan fingerprint density at radius 1 is 1.75 bits per heavy atom. The van der Waals surface area contributed by atoms with E-state index in [0.29, 0.717) is 12.8 Å². The summed E-state index contributed by atoms with van der Waals surface area (Å²) < 4.78 is 0. The van der Waals surface area contributed by atoms with Crippen LogP contribution in [-0.2, 0) is 4.79 Å². The second kappa shape index (κ2) is 2.64. The van der Waals surface area contributed by atoms with Gasteiger partial charge in [0, 0.05) is 12.8 Å². The van der Waals surface area contributed by atoms with Crippen LogP contribution >= 0.6 is 0 Å². The number of carbonyl (C=O) groups is 1. The highest BCUT2D eigenvalue weighted by Crippen LogP contribution is 2.01. The molecule has 0 aromatic heterocycles. The standard InChI is InChI=1S/C4H7NO2.H2O/c6-3-1-2-4(7)5-3;/h3,6H,1-2H2,(H,5,7);1H2. The van der Waals surface area contributed by atoms with Crippen LogP contribution in [0.15, 0.2) is 0 Å². The first-order chi connectivity index (χ1) is 3.29. The highest BCUT2D eigenvalue weighted by molar-refractivity contribution is 5.77. The van der Waals surface area contributed by atoms with Crippen LogP contribution < -0.4 is 5.32 Å². The lowest BCUT2D eigenvalue weighted by atomic mass is 10.4. The van der Waals surface area contributed by atoms with Crippen molar-refractivity contribution in [3.63, 3.8) is 0 Å². The van der Waals surface area contributed by atoms with Gasteiger partial charge in [-0.1, -0.05) is 0 Å². The van der Waals surface area contributed by atoms with Crippen LogP contribution in [0.5, 0.6) is 0 Å². The van der Waals surface area contributed by atoms with Gasteiger partial charge < -0.3 is 15.9 Å². The first kappa shape index (κ1) is 7.39. The summed E-state index contributed by atoms with van der Waals surface area (Å²) in [4.78, 5) is 10.2. The Balaban J connectivity index is 0.000000490. The zero-order valence-electron chi connectivity index (χ0n) is 4.35. The molecule has 48 valence electrons. The molecule has 0 aromatic carbocycles. The van der Waals surface area contributed by atoms with Crippen LogP contribution in [0.25, 0.3) is 0 Å². The molecule has 4 nitrogen and oxygen atoms in total. The first-order valence-corrected chi connectivity index (χ1v) is 2.26. The van der Waals surface area contributed by atoms with Crippen molar-refractivity contribution in [1.29, 1.82) is 0 Å². The largest absolute Gasteiger partial charge is 0.412 e. The molecule has 0 radical (unpaired) electrons. The van der Waals surface area contributed by atoms with Crippen LogP contribution in [0.2, 0.25) is 0 Å². The van der Waals surface area contributed by atoms with Gasteiger partial charge in [-0.3, -0.25) is 4.79 Å². The third kappa shape index (κ3) is 1.48. The van der Waals surface area contributed by atoms with Crippen LogP contribution in [-0.4, -0.2) is 22.7 Å². The molecule has 0 bridgehead atoms. The lowest BCUT2D eigenvalue weighted by molar-refractivity contribution is -0.120. The molecular formula is C4H9NO3. The smallest absolute Gasteiger partial charge is 0.222 e. The number of aliphatic hydroxyl groups excluding tert-OH is 1. The van der Waals surface area contributed by atoms with Gasteiger partial charge in [0.25, 0.3) is 0 Å². The number of hydrogen-bond acceptors (Lipinski definition) is 2. The molecule has 1 aliphatic rings. The summed E-state index contributed by atoms with van der Waals surface area (Å²) in [6.45, 7) is 0. The molecule has 1 amide bonds. The minimum Gasteiger partial charge on any atom is -0.412 e. The van der Waals surface area contributed by atoms with E-state index < -0.39 is 6.23 Å². The summed E-state index contributed by atoms with van der Waals surface area (Å²) >= 11 is 0. The van der Waals surface area contributed by atoms with E-state index in [4.69, 9.17) is 5.11 Å². The zero-order chi connectivity index (χ0) is 5.28. The Hall–Kier alpha value is -0.610. The molecule has 8 heavy (non-hydrogen) atoms. The summed E-state index contributed by atoms with van der Waals surface area (Å²) in [5.41, 5.74) is 0. The van der Waals surface area contributed by atoms with Gasteiger partial charge in [0.15, 0.2) is 0 Å². The van der Waals surface area contributed by atoms with Crippen LogP contribution in [0.1, 0.15) is 12.8 Å². The van der Waals surface area contributed by atoms with Crippen molar-refractivity contribution in [3.8, 4) is 0 Å². The Bertz CT molecular complexity index is 93.3. The summed E-state index contributed by atoms with van der Waals surface area (Å²) in [6.07, 6.45) is 0.465. The van der Waals surface area contributed by atoms with Gasteiger partial charge in [0.05, 0.1) is 0 Å². The molecular weight excluding hydrogens is 110 g/mol. The van der Waals surface area contributed by atoms with Gasteiger partial charge in [-0.25, -0.2) is 0 Å². The van der Waals surface area contributed by atoms with E-state index in [1.54, 1.807) is 0 Å². The van der Waals surface area contributed by atoms with Gasteiger partial charge in [-0.2, -0.15) is 0 Å². The van der Waals surface area contributed by atoms with Crippen LogP contribution in [0.3, 0.4) is 0 Å². The molecule has 0 spiro atoms. The Kier molecular flexibility index (Phi) is 2.44. The Morgan fingerprint density at radius 2 is 2.38 bits per heavy atom. The van der Waals surface area contributed by atoms with E-state index in [2.05, 4.69) is 5.32 Å². The van der Waals surface area contributed by atoms with E-state index in [0.717, 1.165) is 0 Å². The number of carbonyl (C=O) groups excluding carboxylic acids is 1. The number of rotatable bonds is 0. The summed E-state index contributed by atoms with van der Waals surface area (Å²) in [5.74, 6) is -0.0486. The molecule has 1 heterocycles. The van der Waals surface area contributed by atoms with Crippen molar-refractivity contribution in [3.05, 3.63) is 0 Å². The lowest BCUT2D eigenvalue weighted by Crippen LogP contribution is -2.23. The second-order valence-electron chi connectivity index (χ2n) is 1.62. The third-order valence-corrected chi connectivity index (χ3v) is 0.972. The summed E-state index contributed by atoms with van der Waals surface area (Å²) in [6, 6.07) is 0. The average Bonchev–Trinajstić information content (AvgIpc) is 1.87. The SMILES string of the molecule is O.O=C1CCC(O)N1. The fourth-order valence-corrected chi connectivity index (χ4v) is 0.598. The molecule has 4 N–H and O–H groups in total. The highest BCUT2D eigenvalue weighted by atomic mass is 16.3. The average molecular weight is 119 g/mol. The summed E-state index contributed by atoms with van der Waals surface area (Å²) in [5, 5.41) is 10.9. The minimum absolute atomic E-state index is 0. The van der Waals surface area contributed by atoms with Gasteiger partial charge in [-0.05, 0) is 0 Å². The van der Waals surface area contributed by atoms with Crippen molar-refractivity contribution in [2.24, 2.45) is 0 Å². The van der Waals surface area contributed by atoms with Gasteiger partial charge in [0.2, 0.25) is 5.91 Å². The number of aliphatic hydroxyl groups is 1. The molecule has 1 atom stereocenters. The van der Waals surface area contributed by atoms with Crippen molar-refractivity contribution >= 4 is 5.91 Å². The first-order valence-electron chi connectivity index (χ1n) is 2.26. The van der Waals surface area contributed by atoms with Crippen molar-refractivity contribution < 1.29 is 15.4 Å². The number of hydrogen-bond donors (Lipinski definition) is 2. The second-order valence-corrected chi connectivity index (χ2v) is 1.62. The molecule has 1 saturated heterocycles. The minimum atomic E-state index is -0.576. The van der Waals surface area contributed by atoms with E-state index in [9.17, 15) is 4.79 Å². The maximum Gasteiger partial charge on any atom is 0.222 e. The highest BCUT2D eigenvalue weighted by Gasteiger charge is 2.16. The third-order valence-electron chi connectivity index (χ3n) is 0.972. The summed E-state index contributed by atoms with van der Waals surface area (Å²) in [7, 11) is 0. The molecule has 1 unspecified atom stereocenters. The normalized spacial score (nSPS) is 26.6. The lowest BCUT2D eigenvalue weighted by Gasteiger charge is -1.95. The van der Waals surface area contributed by atoms with Gasteiger partial charge in [0.1, 0.15) is 6.23 Å². The van der Waals surface area contributed by atoms with Crippen LogP contribution in [0.4, 0.5) is 0 Å². The molecule has 0 aliphatic carbocycles. The fraction of sp³-hybridized carbons (Fsp3) is 0.750. The predicted octanol–water partition coefficient (Wildman–Crippen LogP) is -1.61. The molecule has 4 heteroatoms. The monoisotopic (exact) mass is 119 g/mol. The molecule has 0 aromatic rings. The molecule has 1 rings (SSSR count). The molecule has 1 aliphatic heterocycles. The van der Waals surface area contributed by atoms with Gasteiger partial charge >= 0.3 is 0 Å². The Labute approximate surface area is 46.8 Å². The zero-order valence-corrected chi connectivity index (χ0v) is 4.35. The molecule has 1 fully saturated rings. The maximum absolute atomic E-state index is 10.2. The van der Waals surface area contributed by atoms with E-state index in [1.165, 1.54) is 0 Å². The van der Waals surface area contributed by atoms with Gasteiger partial charge in [-0.15, -0.1) is 0 Å². The number of nitrogens with one attached hydrogen (secondary N) is 1. The fourth-order valence-electron chi connectivity index (χ4n) is 0.598. The Morgan fingerprint density at radius 3 is 2.50 bits per heavy atom. The quantitative estimate of drug-likeness (QED) is 0.402. The van der Waals surface area contributed by atoms with Crippen molar-refractivity contribution in [1.82, 2.24) is 5.32 Å². The maximum atomic E-state index is 10.2. The molecule has 0 saturated carbocycles. The topological polar surface area (TPSA) is 80.8 Å². The number of amides is 1. The van der Waals surface area contributed by atoms with Crippen molar-refractivity contribution in [2.75, 3.05) is 0 Å². The predicted molar refractivity (Wildman–Crippen MR) is 27.0 cm³/mol. The van der Waals surface area contributed by atoms with E-state index >= 15 is 0 Å². The van der Waals surface area contributed by atoms with Crippen molar-refractivity contribution in [2.45, 2.75) is 19.1 Å². The van der Waals surface area contributed by atoms with E-state index in [-0.39, 0.29) is 11.4 Å².